The summed E-state index contributed by atoms with van der Waals surface area (Å²) in [6.45, 7) is 12.9. The van der Waals surface area contributed by atoms with E-state index in [0.29, 0.717) is 0 Å². The fraction of sp³-hybridized carbons (Fsp3) is 0.198. The van der Waals surface area contributed by atoms with Crippen LogP contribution in [0.5, 0.6) is 0 Å². The van der Waals surface area contributed by atoms with Crippen molar-refractivity contribution in [2.45, 2.75) is 119 Å². The van der Waals surface area contributed by atoms with E-state index in [1.165, 1.54) is 244 Å². The third-order valence-electron chi connectivity index (χ3n) is 22.7. The number of rotatable bonds is 0. The zero-order valence-electron chi connectivity index (χ0n) is 54.7. The molecular formula is C91H73N3. The van der Waals surface area contributed by atoms with Crippen LogP contribution >= 0.6 is 0 Å². The molecular weight excluding hydrogens is 1140 g/mol. The Morgan fingerprint density at radius 2 is 0.617 bits per heavy atom. The van der Waals surface area contributed by atoms with E-state index in [9.17, 15) is 0 Å². The molecule has 3 heteroatoms. The molecule has 16 aromatic carbocycles. The highest BCUT2D eigenvalue weighted by atomic mass is 14.8. The van der Waals surface area contributed by atoms with E-state index in [1.807, 2.05) is 19.3 Å². The van der Waals surface area contributed by atoms with Gasteiger partial charge < -0.3 is 0 Å². The van der Waals surface area contributed by atoms with E-state index in [4.69, 9.17) is 0 Å². The Bertz CT molecular complexity index is 6100. The van der Waals surface area contributed by atoms with Crippen LogP contribution in [0.3, 0.4) is 0 Å². The van der Waals surface area contributed by atoms with Gasteiger partial charge in [-0.3, -0.25) is 15.0 Å². The normalized spacial score (nSPS) is 14.2. The monoisotopic (exact) mass is 1210 g/mol. The second-order valence-corrected chi connectivity index (χ2v) is 28.3. The van der Waals surface area contributed by atoms with Crippen LogP contribution in [0.25, 0.3) is 129 Å². The maximum atomic E-state index is 4.30. The Labute approximate surface area is 548 Å². The molecule has 2 heterocycles. The molecule has 0 fully saturated rings. The fourth-order valence-electron chi connectivity index (χ4n) is 17.4. The van der Waals surface area contributed by atoms with Gasteiger partial charge in [0.2, 0.25) is 0 Å². The molecule has 6 aliphatic rings. The first kappa shape index (κ1) is 55.5. The van der Waals surface area contributed by atoms with Gasteiger partial charge in [0.1, 0.15) is 0 Å². The van der Waals surface area contributed by atoms with E-state index in [1.54, 1.807) is 44.5 Å². The highest BCUT2D eigenvalue weighted by molar-refractivity contribution is 6.28. The van der Waals surface area contributed by atoms with E-state index in [0.717, 1.165) is 18.5 Å². The van der Waals surface area contributed by atoms with Crippen LogP contribution in [0.1, 0.15) is 101 Å². The Balaban J connectivity index is 0.0000000819. The molecule has 452 valence electrons. The molecule has 3 nitrogen and oxygen atoms in total. The number of aromatic nitrogens is 3. The van der Waals surface area contributed by atoms with Crippen LogP contribution < -0.4 is 0 Å². The number of nitrogens with zero attached hydrogens (tertiary/aromatic N) is 3. The summed E-state index contributed by atoms with van der Waals surface area (Å²) in [5.41, 5.74) is 25.6. The number of aryl methyl sites for hydroxylation is 18. The third kappa shape index (κ3) is 8.59. The van der Waals surface area contributed by atoms with Gasteiger partial charge in [0.05, 0.1) is 17.1 Å². The molecule has 6 aliphatic carbocycles. The van der Waals surface area contributed by atoms with Crippen LogP contribution in [-0.4, -0.2) is 15.0 Å². The Kier molecular flexibility index (Phi) is 12.5. The second kappa shape index (κ2) is 21.2. The zero-order chi connectivity index (χ0) is 62.8. The smallest absolute Gasteiger partial charge is 0.0625 e. The Morgan fingerprint density at radius 3 is 1.15 bits per heavy atom. The van der Waals surface area contributed by atoms with Crippen LogP contribution in [0.15, 0.2) is 188 Å². The van der Waals surface area contributed by atoms with E-state index >= 15 is 0 Å². The number of fused-ring (bicyclic) bond motifs is 12. The Morgan fingerprint density at radius 1 is 0.234 bits per heavy atom. The van der Waals surface area contributed by atoms with Gasteiger partial charge in [-0.1, -0.05) is 176 Å². The molecule has 0 spiro atoms. The fourth-order valence-corrected chi connectivity index (χ4v) is 17.4. The van der Waals surface area contributed by atoms with Crippen molar-refractivity contribution in [2.75, 3.05) is 0 Å². The van der Waals surface area contributed by atoms with Gasteiger partial charge in [0.25, 0.3) is 0 Å². The summed E-state index contributed by atoms with van der Waals surface area (Å²) in [7, 11) is 0. The first-order valence-electron chi connectivity index (χ1n) is 34.5. The first-order chi connectivity index (χ1) is 46.0. The van der Waals surface area contributed by atoms with Crippen molar-refractivity contribution in [3.8, 4) is 0 Å². The molecule has 0 radical (unpaired) electrons. The summed E-state index contributed by atoms with van der Waals surface area (Å²) in [5.74, 6) is 0. The lowest BCUT2D eigenvalue weighted by Gasteiger charge is -2.26. The lowest BCUT2D eigenvalue weighted by atomic mass is 9.78. The molecule has 18 aromatic rings. The Hall–Kier alpha value is -10.1. The average molecular weight is 1210 g/mol. The average Bonchev–Trinajstić information content (AvgIpc) is 0.718. The van der Waals surface area contributed by atoms with Gasteiger partial charge >= 0.3 is 0 Å². The van der Waals surface area contributed by atoms with Crippen molar-refractivity contribution in [1.29, 1.82) is 0 Å². The summed E-state index contributed by atoms with van der Waals surface area (Å²) >= 11 is 0. The van der Waals surface area contributed by atoms with Gasteiger partial charge in [0, 0.05) is 18.1 Å². The van der Waals surface area contributed by atoms with Gasteiger partial charge in [-0.05, 0) is 326 Å². The molecule has 94 heavy (non-hydrogen) atoms. The quantitative estimate of drug-likeness (QED) is 0.142. The molecule has 0 amide bonds. The molecule has 2 aromatic heterocycles. The molecule has 0 aliphatic heterocycles. The minimum absolute atomic E-state index is 1.04. The lowest BCUT2D eigenvalue weighted by Crippen LogP contribution is -2.13. The van der Waals surface area contributed by atoms with Crippen molar-refractivity contribution < 1.29 is 0 Å². The summed E-state index contributed by atoms with van der Waals surface area (Å²) in [6, 6.07) is 66.5. The molecule has 0 unspecified atom stereocenters. The van der Waals surface area contributed by atoms with Crippen LogP contribution in [0, 0.1) is 41.5 Å². The molecule has 24 rings (SSSR count). The van der Waals surface area contributed by atoms with E-state index in [2.05, 4.69) is 225 Å². The minimum atomic E-state index is 1.04. The highest BCUT2D eigenvalue weighted by Gasteiger charge is 2.26. The maximum Gasteiger partial charge on any atom is 0.0625 e. The second-order valence-electron chi connectivity index (χ2n) is 28.3. The number of pyridine rings is 1. The topological polar surface area (TPSA) is 38.7 Å². The number of benzene rings is 16. The number of hydrogen-bond donors (Lipinski definition) is 0. The standard InChI is InChI=1S/4C19H14.C8H9N.C7H8N2/c1-11-2-3-12-4-9-17-16-8-5-13(16)10-14-6-7-15(11)18(12)19(14)17;1-11-8-13-2-3-15-10-12-4-6-16(12)17-7-5-14(9-11)18(13)19(15)17;1-11-5-7-17-15-10-9-14(15)16-4-2-3-12-6-8-13(11)19(17)18(12)16;1-11-9-13-6-5-12-3-2-4-16-14-7-8-15(14)17(10-11)19(13)18(12)16;1-6-4-7-2-3-8(7)9-5-6;1-5-4-8-6-2-3-7(6)9-5/h2-4,6-7,9-10H,5,8H2,1H3;2-3,5,7-10H,4,6H2,1H3;2-8H,9-10H2,1H3;2-6,9-10H,7-8H2,1H3;4-5H,2-3H2,1H3;4H,2-3H2,1H3. The summed E-state index contributed by atoms with van der Waals surface area (Å²) in [6.07, 6.45) is 18.5. The predicted molar refractivity (Wildman–Crippen MR) is 400 cm³/mol. The lowest BCUT2D eigenvalue weighted by molar-refractivity contribution is 0.734. The summed E-state index contributed by atoms with van der Waals surface area (Å²) in [5, 5.41) is 34.7. The van der Waals surface area contributed by atoms with E-state index in [-0.39, 0.29) is 0 Å². The largest absolute Gasteiger partial charge is 0.261 e. The summed E-state index contributed by atoms with van der Waals surface area (Å²) < 4.78 is 0. The third-order valence-corrected chi connectivity index (χ3v) is 22.7. The van der Waals surface area contributed by atoms with Crippen molar-refractivity contribution in [1.82, 2.24) is 15.0 Å². The minimum Gasteiger partial charge on any atom is -0.261 e. The molecule has 0 saturated carbocycles. The first-order valence-corrected chi connectivity index (χ1v) is 34.5. The maximum absolute atomic E-state index is 4.30. The molecule has 0 saturated heterocycles. The predicted octanol–water partition coefficient (Wildman–Crippen LogP) is 22.3. The van der Waals surface area contributed by atoms with Crippen molar-refractivity contribution >= 4 is 129 Å². The van der Waals surface area contributed by atoms with Gasteiger partial charge in [-0.2, -0.15) is 0 Å². The van der Waals surface area contributed by atoms with Crippen LogP contribution in [0.4, 0.5) is 0 Å². The van der Waals surface area contributed by atoms with Crippen molar-refractivity contribution in [3.63, 3.8) is 0 Å². The van der Waals surface area contributed by atoms with Gasteiger partial charge in [0.15, 0.2) is 0 Å². The van der Waals surface area contributed by atoms with Crippen molar-refractivity contribution in [2.24, 2.45) is 0 Å². The zero-order valence-corrected chi connectivity index (χ0v) is 54.7. The van der Waals surface area contributed by atoms with Crippen molar-refractivity contribution in [3.05, 3.63) is 289 Å². The van der Waals surface area contributed by atoms with E-state index < -0.39 is 0 Å². The van der Waals surface area contributed by atoms with Gasteiger partial charge in [-0.15, -0.1) is 0 Å². The molecule has 0 bridgehead atoms. The SMILES string of the molecule is Cc1cc2ccc3cc4c(c5ccc(c1)c2c35)CC4.Cc1cc2ccc3cccc4c5c(c(c1)c2c34)CC5.Cc1ccc2c3c(c4cccc5ccc1c2c54)CC3.Cc1ccc2ccc3c4c(cc5ccc1c2c53)CC4.Cc1cnc2c(c1)CC2.Cc1cnc2c(n1)CC2. The van der Waals surface area contributed by atoms with Crippen LogP contribution in [0.2, 0.25) is 0 Å². The molecule has 0 N–H and O–H groups in total. The summed E-state index contributed by atoms with van der Waals surface area (Å²) in [4.78, 5) is 12.8. The van der Waals surface area contributed by atoms with Crippen LogP contribution in [-0.2, 0) is 77.0 Å². The number of hydrogen-bond acceptors (Lipinski definition) is 3. The molecule has 0 atom stereocenters. The highest BCUT2D eigenvalue weighted by Crippen LogP contribution is 2.47. The van der Waals surface area contributed by atoms with Gasteiger partial charge in [-0.25, -0.2) is 0 Å².